The number of benzene rings is 2. The van der Waals surface area contributed by atoms with E-state index in [1.54, 1.807) is 43.5 Å². The third-order valence-corrected chi connectivity index (χ3v) is 4.24. The van der Waals surface area contributed by atoms with Crippen LogP contribution in [0, 0.1) is 5.92 Å². The standard InChI is InChI=1S/C21H25BrN2O4/c1-14(2)12-20(25)23-16-5-7-17(8-6-16)24-21(26)18-13-15(22)4-9-19(18)28-11-10-27-3/h4-9,13-14H,10-12H2,1-3H3,(H,23,25)(H,24,26). The number of anilines is 2. The first-order valence-electron chi connectivity index (χ1n) is 9.01. The van der Waals surface area contributed by atoms with Crippen molar-refractivity contribution in [3.05, 3.63) is 52.5 Å². The Labute approximate surface area is 173 Å². The maximum absolute atomic E-state index is 12.7. The van der Waals surface area contributed by atoms with Gasteiger partial charge in [-0.1, -0.05) is 29.8 Å². The summed E-state index contributed by atoms with van der Waals surface area (Å²) in [6.07, 6.45) is 0.465. The lowest BCUT2D eigenvalue weighted by molar-refractivity contribution is -0.116. The van der Waals surface area contributed by atoms with Crippen molar-refractivity contribution in [2.45, 2.75) is 20.3 Å². The summed E-state index contributed by atoms with van der Waals surface area (Å²) < 4.78 is 11.4. The van der Waals surface area contributed by atoms with Gasteiger partial charge >= 0.3 is 0 Å². The molecule has 6 nitrogen and oxygen atoms in total. The molecule has 150 valence electrons. The molecule has 2 N–H and O–H groups in total. The molecule has 0 saturated carbocycles. The molecule has 0 aliphatic heterocycles. The predicted molar refractivity (Wildman–Crippen MR) is 114 cm³/mol. The summed E-state index contributed by atoms with van der Waals surface area (Å²) in [5.74, 6) is 0.462. The van der Waals surface area contributed by atoms with Gasteiger partial charge in [0.25, 0.3) is 5.91 Å². The molecule has 0 radical (unpaired) electrons. The van der Waals surface area contributed by atoms with Gasteiger partial charge in [0.05, 0.1) is 12.2 Å². The fourth-order valence-corrected chi connectivity index (χ4v) is 2.82. The zero-order valence-electron chi connectivity index (χ0n) is 16.3. The highest BCUT2D eigenvalue weighted by molar-refractivity contribution is 9.10. The van der Waals surface area contributed by atoms with Crippen LogP contribution in [0.1, 0.15) is 30.6 Å². The Morgan fingerprint density at radius 1 is 1.00 bits per heavy atom. The van der Waals surface area contributed by atoms with E-state index in [1.165, 1.54) is 0 Å². The van der Waals surface area contributed by atoms with E-state index < -0.39 is 0 Å². The molecule has 0 heterocycles. The fraction of sp³-hybridized carbons (Fsp3) is 0.333. The number of nitrogens with one attached hydrogen (secondary N) is 2. The second kappa shape index (κ2) is 10.8. The molecule has 0 spiro atoms. The van der Waals surface area contributed by atoms with E-state index >= 15 is 0 Å². The van der Waals surface area contributed by atoms with Crippen LogP contribution >= 0.6 is 15.9 Å². The molecule has 2 aromatic carbocycles. The third kappa shape index (κ3) is 6.98. The molecular formula is C21H25BrN2O4. The zero-order valence-corrected chi connectivity index (χ0v) is 17.8. The van der Waals surface area contributed by atoms with Crippen LogP contribution in [0.3, 0.4) is 0 Å². The van der Waals surface area contributed by atoms with E-state index in [1.807, 2.05) is 19.9 Å². The maximum atomic E-state index is 12.7. The lowest BCUT2D eigenvalue weighted by atomic mass is 10.1. The molecule has 2 amide bonds. The summed E-state index contributed by atoms with van der Waals surface area (Å²) in [4.78, 5) is 24.5. The second-order valence-electron chi connectivity index (χ2n) is 6.66. The van der Waals surface area contributed by atoms with Crippen LogP contribution in [-0.2, 0) is 9.53 Å². The monoisotopic (exact) mass is 448 g/mol. The van der Waals surface area contributed by atoms with Crippen LogP contribution in [0.2, 0.25) is 0 Å². The molecule has 0 saturated heterocycles. The molecular weight excluding hydrogens is 424 g/mol. The largest absolute Gasteiger partial charge is 0.490 e. The Hall–Kier alpha value is -2.38. The highest BCUT2D eigenvalue weighted by Gasteiger charge is 2.14. The number of hydrogen-bond donors (Lipinski definition) is 2. The van der Waals surface area contributed by atoms with Gasteiger partial charge in [-0.25, -0.2) is 0 Å². The average Bonchev–Trinajstić information content (AvgIpc) is 2.64. The van der Waals surface area contributed by atoms with Gasteiger partial charge in [-0.3, -0.25) is 9.59 Å². The van der Waals surface area contributed by atoms with Gasteiger partial charge in [0, 0.05) is 29.4 Å². The predicted octanol–water partition coefficient (Wildman–Crippen LogP) is 4.71. The minimum atomic E-state index is -0.287. The Kier molecular flexibility index (Phi) is 8.47. The van der Waals surface area contributed by atoms with Gasteiger partial charge in [0.2, 0.25) is 5.91 Å². The molecule has 28 heavy (non-hydrogen) atoms. The number of ether oxygens (including phenoxy) is 2. The number of carbonyl (C=O) groups is 2. The molecule has 0 bridgehead atoms. The van der Waals surface area contributed by atoms with Crippen molar-refractivity contribution in [1.29, 1.82) is 0 Å². The summed E-state index contributed by atoms with van der Waals surface area (Å²) >= 11 is 3.38. The van der Waals surface area contributed by atoms with Crippen LogP contribution in [-0.4, -0.2) is 32.1 Å². The molecule has 0 aromatic heterocycles. The number of rotatable bonds is 9. The highest BCUT2D eigenvalue weighted by atomic mass is 79.9. The molecule has 0 aliphatic rings. The third-order valence-electron chi connectivity index (χ3n) is 3.75. The minimum absolute atomic E-state index is 0.0289. The van der Waals surface area contributed by atoms with Crippen molar-refractivity contribution < 1.29 is 19.1 Å². The summed E-state index contributed by atoms with van der Waals surface area (Å²) in [6.45, 7) is 4.77. The zero-order chi connectivity index (χ0) is 20.5. The van der Waals surface area contributed by atoms with Crippen LogP contribution in [0.4, 0.5) is 11.4 Å². The van der Waals surface area contributed by atoms with Crippen LogP contribution in [0.25, 0.3) is 0 Å². The molecule has 7 heteroatoms. The van der Waals surface area contributed by atoms with Crippen molar-refractivity contribution in [2.24, 2.45) is 5.92 Å². The van der Waals surface area contributed by atoms with E-state index in [0.717, 1.165) is 4.47 Å². The molecule has 0 atom stereocenters. The Balaban J connectivity index is 2.04. The van der Waals surface area contributed by atoms with Gasteiger partial charge in [-0.15, -0.1) is 0 Å². The summed E-state index contributed by atoms with van der Waals surface area (Å²) in [5, 5.41) is 5.69. The maximum Gasteiger partial charge on any atom is 0.259 e. The highest BCUT2D eigenvalue weighted by Crippen LogP contribution is 2.25. The van der Waals surface area contributed by atoms with E-state index in [0.29, 0.717) is 48.2 Å². The van der Waals surface area contributed by atoms with Crippen LogP contribution < -0.4 is 15.4 Å². The quantitative estimate of drug-likeness (QED) is 0.544. The van der Waals surface area contributed by atoms with Crippen molar-refractivity contribution in [3.8, 4) is 5.75 Å². The molecule has 0 unspecified atom stereocenters. The first kappa shape index (κ1) is 21.9. The smallest absolute Gasteiger partial charge is 0.259 e. The summed E-state index contributed by atoms with van der Waals surface area (Å²) in [6, 6.07) is 12.3. The summed E-state index contributed by atoms with van der Waals surface area (Å²) in [5.41, 5.74) is 1.73. The lowest BCUT2D eigenvalue weighted by Gasteiger charge is -2.13. The lowest BCUT2D eigenvalue weighted by Crippen LogP contribution is -2.15. The van der Waals surface area contributed by atoms with E-state index in [9.17, 15) is 9.59 Å². The van der Waals surface area contributed by atoms with Gasteiger partial charge in [-0.2, -0.15) is 0 Å². The van der Waals surface area contributed by atoms with Crippen molar-refractivity contribution in [2.75, 3.05) is 31.0 Å². The van der Waals surface area contributed by atoms with Gasteiger partial charge in [0.1, 0.15) is 12.4 Å². The van der Waals surface area contributed by atoms with E-state index in [-0.39, 0.29) is 11.8 Å². The van der Waals surface area contributed by atoms with Gasteiger partial charge in [0.15, 0.2) is 0 Å². The normalized spacial score (nSPS) is 10.6. The minimum Gasteiger partial charge on any atom is -0.490 e. The van der Waals surface area contributed by atoms with E-state index in [4.69, 9.17) is 9.47 Å². The fourth-order valence-electron chi connectivity index (χ4n) is 2.46. The number of halogens is 1. The summed E-state index contributed by atoms with van der Waals surface area (Å²) in [7, 11) is 1.59. The van der Waals surface area contributed by atoms with Crippen LogP contribution in [0.15, 0.2) is 46.9 Å². The van der Waals surface area contributed by atoms with Crippen molar-refractivity contribution >= 4 is 39.1 Å². The molecule has 2 aromatic rings. The molecule has 2 rings (SSSR count). The average molecular weight is 449 g/mol. The number of carbonyl (C=O) groups excluding carboxylic acids is 2. The van der Waals surface area contributed by atoms with Gasteiger partial charge in [-0.05, 0) is 48.4 Å². The van der Waals surface area contributed by atoms with Crippen LogP contribution in [0.5, 0.6) is 5.75 Å². The number of amides is 2. The topological polar surface area (TPSA) is 76.7 Å². The Morgan fingerprint density at radius 3 is 2.25 bits per heavy atom. The van der Waals surface area contributed by atoms with Gasteiger partial charge < -0.3 is 20.1 Å². The number of methoxy groups -OCH3 is 1. The Morgan fingerprint density at radius 2 is 1.64 bits per heavy atom. The molecule has 0 aliphatic carbocycles. The first-order valence-corrected chi connectivity index (χ1v) is 9.81. The molecule has 0 fully saturated rings. The van der Waals surface area contributed by atoms with E-state index in [2.05, 4.69) is 26.6 Å². The van der Waals surface area contributed by atoms with Crippen molar-refractivity contribution in [1.82, 2.24) is 0 Å². The van der Waals surface area contributed by atoms with Crippen molar-refractivity contribution in [3.63, 3.8) is 0 Å². The SMILES string of the molecule is COCCOc1ccc(Br)cc1C(=O)Nc1ccc(NC(=O)CC(C)C)cc1. The second-order valence-corrected chi connectivity index (χ2v) is 7.58. The Bertz CT molecular complexity index is 807. The first-order chi connectivity index (χ1) is 13.4. The number of hydrogen-bond acceptors (Lipinski definition) is 4.